The summed E-state index contributed by atoms with van der Waals surface area (Å²) in [6.07, 6.45) is 4.61. The fraction of sp³-hybridized carbons (Fsp3) is 0.273. The van der Waals surface area contributed by atoms with Crippen molar-refractivity contribution in [3.63, 3.8) is 0 Å². The van der Waals surface area contributed by atoms with Gasteiger partial charge in [-0.3, -0.25) is 9.69 Å². The van der Waals surface area contributed by atoms with Crippen LogP contribution in [-0.2, 0) is 13.0 Å². The number of benzene rings is 2. The number of aromatic nitrogens is 3. The number of hydrogen-bond donors (Lipinski definition) is 1. The van der Waals surface area contributed by atoms with Crippen LogP contribution in [0, 0.1) is 11.6 Å². The third-order valence-corrected chi connectivity index (χ3v) is 5.57. The molecule has 4 rings (SSSR count). The molecule has 0 bridgehead atoms. The van der Waals surface area contributed by atoms with Crippen LogP contribution in [0.4, 0.5) is 14.5 Å². The molecule has 0 unspecified atom stereocenters. The minimum atomic E-state index is -0.795. The third-order valence-electron chi connectivity index (χ3n) is 5.32. The van der Waals surface area contributed by atoms with E-state index in [4.69, 9.17) is 11.6 Å². The Balaban J connectivity index is 1.59. The van der Waals surface area contributed by atoms with Gasteiger partial charge in [-0.15, -0.1) is 0 Å². The van der Waals surface area contributed by atoms with Crippen LogP contribution in [0.2, 0.25) is 5.02 Å². The highest BCUT2D eigenvalue weighted by molar-refractivity contribution is 6.30. The zero-order chi connectivity index (χ0) is 22.0. The molecule has 6 nitrogen and oxygen atoms in total. The van der Waals surface area contributed by atoms with Crippen LogP contribution in [0.15, 0.2) is 66.9 Å². The van der Waals surface area contributed by atoms with E-state index >= 15 is 0 Å². The highest BCUT2D eigenvalue weighted by Crippen LogP contribution is 2.31. The third kappa shape index (κ3) is 4.92. The summed E-state index contributed by atoms with van der Waals surface area (Å²) in [5, 5.41) is 19.0. The van der Waals surface area contributed by atoms with E-state index < -0.39 is 17.7 Å². The number of anilines is 1. The first kappa shape index (κ1) is 21.4. The Labute approximate surface area is 184 Å². The molecule has 0 saturated heterocycles. The van der Waals surface area contributed by atoms with Gasteiger partial charge in [0.25, 0.3) is 0 Å². The molecular formula is C22H22ClF2N5O. The second kappa shape index (κ2) is 9.13. The van der Waals surface area contributed by atoms with E-state index in [9.17, 15) is 13.9 Å². The average molecular weight is 446 g/mol. The summed E-state index contributed by atoms with van der Waals surface area (Å²) in [6, 6.07) is 10.6. The van der Waals surface area contributed by atoms with Crippen molar-refractivity contribution in [3.8, 4) is 0 Å². The normalized spacial score (nSPS) is 16.4. The molecule has 0 radical (unpaired) electrons. The molecule has 0 aliphatic carbocycles. The van der Waals surface area contributed by atoms with Gasteiger partial charge in [0.2, 0.25) is 0 Å². The van der Waals surface area contributed by atoms with E-state index in [-0.39, 0.29) is 18.3 Å². The Kier molecular flexibility index (Phi) is 6.31. The second-order valence-corrected chi connectivity index (χ2v) is 7.99. The van der Waals surface area contributed by atoms with E-state index in [0.29, 0.717) is 18.0 Å². The first-order chi connectivity index (χ1) is 14.9. The van der Waals surface area contributed by atoms with Gasteiger partial charge in [0, 0.05) is 23.8 Å². The topological polar surface area (TPSA) is 57.4 Å². The molecule has 1 aliphatic heterocycles. The Bertz CT molecular complexity index is 1060. The number of halogens is 3. The number of hydrogen-bond acceptors (Lipinski definition) is 5. The lowest BCUT2D eigenvalue weighted by molar-refractivity contribution is 0.0517. The van der Waals surface area contributed by atoms with Crippen molar-refractivity contribution in [2.24, 2.45) is 0 Å². The molecular weight excluding hydrogens is 424 g/mol. The highest BCUT2D eigenvalue weighted by Gasteiger charge is 2.33. The molecule has 0 amide bonds. The molecule has 0 saturated carbocycles. The van der Waals surface area contributed by atoms with Crippen molar-refractivity contribution >= 4 is 17.3 Å². The number of aliphatic hydroxyl groups excluding tert-OH is 1. The molecule has 2 heterocycles. The Morgan fingerprint density at radius 1 is 1.16 bits per heavy atom. The molecule has 2 atom stereocenters. The van der Waals surface area contributed by atoms with Gasteiger partial charge in [0.15, 0.2) is 5.82 Å². The average Bonchev–Trinajstić information content (AvgIpc) is 3.39. The summed E-state index contributed by atoms with van der Waals surface area (Å²) < 4.78 is 29.6. The Morgan fingerprint density at radius 3 is 2.61 bits per heavy atom. The molecule has 1 N–H and O–H groups in total. The second-order valence-electron chi connectivity index (χ2n) is 7.55. The summed E-state index contributed by atoms with van der Waals surface area (Å²) in [7, 11) is 0. The van der Waals surface area contributed by atoms with Gasteiger partial charge in [0.05, 0.1) is 24.4 Å². The van der Waals surface area contributed by atoms with Crippen molar-refractivity contribution in [1.29, 1.82) is 0 Å². The highest BCUT2D eigenvalue weighted by atomic mass is 35.5. The molecule has 162 valence electrons. The maximum Gasteiger partial charge on any atom is 0.151 e. The lowest BCUT2D eigenvalue weighted by Gasteiger charge is -2.36. The minimum absolute atomic E-state index is 0.215. The van der Waals surface area contributed by atoms with E-state index in [1.807, 2.05) is 42.4 Å². The van der Waals surface area contributed by atoms with Gasteiger partial charge >= 0.3 is 0 Å². The molecule has 1 aromatic heterocycles. The smallest absolute Gasteiger partial charge is 0.151 e. The largest absolute Gasteiger partial charge is 0.389 e. The Hall–Kier alpha value is -2.81. The van der Waals surface area contributed by atoms with E-state index in [1.54, 1.807) is 9.69 Å². The van der Waals surface area contributed by atoms with Gasteiger partial charge in [-0.05, 0) is 48.7 Å². The van der Waals surface area contributed by atoms with Crippen LogP contribution in [0.1, 0.15) is 12.5 Å². The van der Waals surface area contributed by atoms with Crippen molar-refractivity contribution in [1.82, 2.24) is 19.8 Å². The summed E-state index contributed by atoms with van der Waals surface area (Å²) >= 11 is 5.98. The van der Waals surface area contributed by atoms with Crippen molar-refractivity contribution in [3.05, 3.63) is 89.1 Å². The van der Waals surface area contributed by atoms with Crippen LogP contribution in [0.3, 0.4) is 0 Å². The maximum absolute atomic E-state index is 14.6. The minimum Gasteiger partial charge on any atom is -0.389 e. The molecule has 31 heavy (non-hydrogen) atoms. The van der Waals surface area contributed by atoms with Gasteiger partial charge in [0.1, 0.15) is 18.5 Å². The fourth-order valence-corrected chi connectivity index (χ4v) is 3.75. The summed E-state index contributed by atoms with van der Waals surface area (Å²) in [4.78, 5) is 3.89. The first-order valence-corrected chi connectivity index (χ1v) is 10.2. The first-order valence-electron chi connectivity index (χ1n) is 9.86. The predicted octanol–water partition coefficient (Wildman–Crippen LogP) is 3.82. The van der Waals surface area contributed by atoms with Gasteiger partial charge in [-0.25, -0.2) is 18.8 Å². The zero-order valence-corrected chi connectivity index (χ0v) is 17.6. The SMILES string of the molecule is C[C@H]([C@H](O)Cn1cncn1)N1CC(Cc2ccc(Cl)cc2)=CN1c1ccc(F)cc1F. The molecule has 3 aromatic rings. The van der Waals surface area contributed by atoms with E-state index in [1.165, 1.54) is 24.8 Å². The number of hydrazine groups is 1. The van der Waals surface area contributed by atoms with Crippen LogP contribution in [0.5, 0.6) is 0 Å². The number of aliphatic hydroxyl groups is 1. The molecule has 1 aliphatic rings. The number of rotatable bonds is 7. The summed E-state index contributed by atoms with van der Waals surface area (Å²) in [6.45, 7) is 2.58. The zero-order valence-electron chi connectivity index (χ0n) is 16.9. The quantitative estimate of drug-likeness (QED) is 0.599. The van der Waals surface area contributed by atoms with Crippen molar-refractivity contribution in [2.75, 3.05) is 11.6 Å². The van der Waals surface area contributed by atoms with Gasteiger partial charge < -0.3 is 5.11 Å². The van der Waals surface area contributed by atoms with Crippen LogP contribution < -0.4 is 5.01 Å². The maximum atomic E-state index is 14.6. The Morgan fingerprint density at radius 2 is 1.94 bits per heavy atom. The standard InChI is InChI=1S/C22H22ClF2N5O/c1-15(22(31)12-28-14-26-13-27-28)29-10-17(8-16-2-4-18(23)5-3-16)11-30(29)21-7-6-19(24)9-20(21)25/h2-7,9,11,13-15,22,31H,8,10,12H2,1H3/t15-,22-/m1/s1. The fourth-order valence-electron chi connectivity index (χ4n) is 3.62. The van der Waals surface area contributed by atoms with Crippen molar-refractivity contribution in [2.45, 2.75) is 32.0 Å². The van der Waals surface area contributed by atoms with Gasteiger partial charge in [-0.2, -0.15) is 5.10 Å². The van der Waals surface area contributed by atoms with E-state index in [2.05, 4.69) is 10.1 Å². The lowest BCUT2D eigenvalue weighted by Crippen LogP contribution is -2.49. The number of nitrogens with zero attached hydrogens (tertiary/aromatic N) is 5. The van der Waals surface area contributed by atoms with Gasteiger partial charge in [-0.1, -0.05) is 23.7 Å². The lowest BCUT2D eigenvalue weighted by atomic mass is 10.1. The molecule has 9 heteroatoms. The summed E-state index contributed by atoms with van der Waals surface area (Å²) in [5.41, 5.74) is 2.30. The predicted molar refractivity (Wildman–Crippen MR) is 114 cm³/mol. The summed E-state index contributed by atoms with van der Waals surface area (Å²) in [5.74, 6) is -1.32. The van der Waals surface area contributed by atoms with Crippen molar-refractivity contribution < 1.29 is 13.9 Å². The van der Waals surface area contributed by atoms with E-state index in [0.717, 1.165) is 17.2 Å². The van der Waals surface area contributed by atoms with Crippen LogP contribution in [-0.4, -0.2) is 43.6 Å². The van der Waals surface area contributed by atoms with Crippen LogP contribution in [0.25, 0.3) is 0 Å². The molecule has 2 aromatic carbocycles. The molecule has 0 spiro atoms. The monoisotopic (exact) mass is 445 g/mol. The molecule has 0 fully saturated rings. The van der Waals surface area contributed by atoms with Crippen LogP contribution >= 0.6 is 11.6 Å².